The van der Waals surface area contributed by atoms with E-state index in [0.29, 0.717) is 0 Å². The van der Waals surface area contributed by atoms with Crippen LogP contribution in [-0.2, 0) is 4.74 Å². The predicted octanol–water partition coefficient (Wildman–Crippen LogP) is 1.14. The quantitative estimate of drug-likeness (QED) is 0.318. The lowest BCUT2D eigenvalue weighted by atomic mass is 9.90. The molecule has 6 N–H and O–H groups in total. The number of aliphatic hydroxyl groups excluding tert-OH is 3. The van der Waals surface area contributed by atoms with Gasteiger partial charge in [-0.3, -0.25) is 4.79 Å². The zero-order valence-electron chi connectivity index (χ0n) is 18.4. The van der Waals surface area contributed by atoms with E-state index < -0.39 is 47.4 Å². The van der Waals surface area contributed by atoms with Crippen molar-refractivity contribution < 1.29 is 49.3 Å². The van der Waals surface area contributed by atoms with Crippen molar-refractivity contribution in [2.75, 3.05) is 14.2 Å². The summed E-state index contributed by atoms with van der Waals surface area (Å²) in [5, 5.41) is 61.7. The van der Waals surface area contributed by atoms with Crippen LogP contribution in [0.15, 0.2) is 33.5 Å². The molecule has 34 heavy (non-hydrogen) atoms. The number of hydrogen-bond donors (Lipinski definition) is 6. The minimum atomic E-state index is -1.69. The van der Waals surface area contributed by atoms with Gasteiger partial charge < -0.3 is 49.3 Å². The number of rotatable bonds is 4. The highest BCUT2D eigenvalue weighted by atomic mass is 16.5. The molecule has 11 heteroatoms. The first kappa shape index (κ1) is 23.6. The molecule has 2 aromatic carbocycles. The van der Waals surface area contributed by atoms with E-state index in [0.717, 1.165) is 12.1 Å². The summed E-state index contributed by atoms with van der Waals surface area (Å²) < 4.78 is 21.8. The molecular formula is C23H24O11. The summed E-state index contributed by atoms with van der Waals surface area (Å²) in [6, 6.07) is 4.77. The molecule has 3 aromatic rings. The number of aromatic hydroxyl groups is 3. The fraction of sp³-hybridized carbons (Fsp3) is 0.348. The van der Waals surface area contributed by atoms with Gasteiger partial charge in [0.15, 0.2) is 22.5 Å². The maximum Gasteiger partial charge on any atom is 0.200 e. The second kappa shape index (κ2) is 8.69. The molecule has 0 amide bonds. The first-order chi connectivity index (χ1) is 16.1. The fourth-order valence-corrected chi connectivity index (χ4v) is 4.06. The number of fused-ring (bicyclic) bond motifs is 1. The standard InChI is InChI=1S/C23H24O11/c1-8-18(27)20(29)21(30)23(33-8)17-11(25)6-10(24)16-12(26)7-13(34-22(16)17)9-4-14(31-2)19(28)15(5-9)32-3/h4-8,18,20-21,23-25,27-30H,1-3H3/t8-,18+,20+,21-,23?/m1/s1. The fourth-order valence-electron chi connectivity index (χ4n) is 4.06. The molecule has 1 saturated heterocycles. The smallest absolute Gasteiger partial charge is 0.200 e. The minimum absolute atomic E-state index is 0.0352. The Bertz CT molecular complexity index is 1270. The monoisotopic (exact) mass is 476 g/mol. The van der Waals surface area contributed by atoms with E-state index >= 15 is 0 Å². The Hall–Kier alpha value is -3.51. The molecule has 0 aliphatic carbocycles. The molecule has 182 valence electrons. The van der Waals surface area contributed by atoms with E-state index in [1.54, 1.807) is 0 Å². The molecule has 1 fully saturated rings. The van der Waals surface area contributed by atoms with E-state index in [1.807, 2.05) is 0 Å². The maximum atomic E-state index is 13.0. The van der Waals surface area contributed by atoms with Gasteiger partial charge in [-0.2, -0.15) is 0 Å². The Balaban J connectivity index is 1.99. The first-order valence-corrected chi connectivity index (χ1v) is 10.3. The van der Waals surface area contributed by atoms with Crippen LogP contribution in [0, 0.1) is 0 Å². The highest BCUT2D eigenvalue weighted by molar-refractivity contribution is 5.89. The molecule has 1 aliphatic heterocycles. The molecule has 1 unspecified atom stereocenters. The lowest BCUT2D eigenvalue weighted by Crippen LogP contribution is -2.53. The summed E-state index contributed by atoms with van der Waals surface area (Å²) >= 11 is 0. The largest absolute Gasteiger partial charge is 0.507 e. The summed E-state index contributed by atoms with van der Waals surface area (Å²) in [5.41, 5.74) is -0.922. The van der Waals surface area contributed by atoms with Gasteiger partial charge in [0.25, 0.3) is 0 Å². The van der Waals surface area contributed by atoms with Crippen LogP contribution in [0.5, 0.6) is 28.7 Å². The molecule has 1 aromatic heterocycles. The zero-order valence-corrected chi connectivity index (χ0v) is 18.4. The van der Waals surface area contributed by atoms with Gasteiger partial charge in [-0.25, -0.2) is 0 Å². The molecule has 4 rings (SSSR count). The molecular weight excluding hydrogens is 452 g/mol. The lowest BCUT2D eigenvalue weighted by molar-refractivity contribution is -0.219. The third-order valence-corrected chi connectivity index (χ3v) is 5.90. The average Bonchev–Trinajstić information content (AvgIpc) is 2.80. The summed E-state index contributed by atoms with van der Waals surface area (Å²) in [5.74, 6) is -1.38. The van der Waals surface area contributed by atoms with Crippen molar-refractivity contribution in [1.29, 1.82) is 0 Å². The van der Waals surface area contributed by atoms with Crippen LogP contribution < -0.4 is 14.9 Å². The van der Waals surface area contributed by atoms with Crippen molar-refractivity contribution in [1.82, 2.24) is 0 Å². The zero-order chi connectivity index (χ0) is 24.9. The predicted molar refractivity (Wildman–Crippen MR) is 117 cm³/mol. The van der Waals surface area contributed by atoms with Crippen molar-refractivity contribution in [3.63, 3.8) is 0 Å². The third-order valence-electron chi connectivity index (χ3n) is 5.90. The van der Waals surface area contributed by atoms with Crippen LogP contribution >= 0.6 is 0 Å². The molecule has 0 bridgehead atoms. The number of aliphatic hydroxyl groups is 3. The van der Waals surface area contributed by atoms with Crippen molar-refractivity contribution in [3.05, 3.63) is 40.1 Å². The van der Waals surface area contributed by atoms with Gasteiger partial charge >= 0.3 is 0 Å². The second-order valence-electron chi connectivity index (χ2n) is 7.97. The van der Waals surface area contributed by atoms with E-state index in [9.17, 15) is 35.4 Å². The molecule has 0 spiro atoms. The van der Waals surface area contributed by atoms with Crippen LogP contribution in [0.1, 0.15) is 18.6 Å². The van der Waals surface area contributed by atoms with Gasteiger partial charge in [0.1, 0.15) is 47.1 Å². The number of methoxy groups -OCH3 is 2. The summed E-state index contributed by atoms with van der Waals surface area (Å²) in [4.78, 5) is 13.0. The van der Waals surface area contributed by atoms with Crippen LogP contribution in [0.25, 0.3) is 22.3 Å². The number of hydrogen-bond acceptors (Lipinski definition) is 11. The van der Waals surface area contributed by atoms with E-state index in [-0.39, 0.29) is 45.1 Å². The normalized spacial score (nSPS) is 24.8. The number of ether oxygens (including phenoxy) is 3. The van der Waals surface area contributed by atoms with Gasteiger partial charge in [0, 0.05) is 17.7 Å². The van der Waals surface area contributed by atoms with Crippen molar-refractivity contribution in [2.24, 2.45) is 0 Å². The van der Waals surface area contributed by atoms with Gasteiger partial charge in [-0.05, 0) is 19.1 Å². The molecule has 11 nitrogen and oxygen atoms in total. The van der Waals surface area contributed by atoms with Crippen LogP contribution in [-0.4, -0.2) is 69.3 Å². The van der Waals surface area contributed by atoms with Crippen molar-refractivity contribution >= 4 is 11.0 Å². The summed E-state index contributed by atoms with van der Waals surface area (Å²) in [6.07, 6.45) is -7.03. The van der Waals surface area contributed by atoms with Gasteiger partial charge in [0.05, 0.1) is 25.9 Å². The topological polar surface area (TPSA) is 179 Å². The van der Waals surface area contributed by atoms with Crippen molar-refractivity contribution in [3.8, 4) is 40.1 Å². The SMILES string of the molecule is COc1cc(-c2cc(=O)c3c(O)cc(O)c(C4O[C@H](C)[C@H](O)[C@H](O)[C@H]4O)c3o2)cc(OC)c1O. The molecule has 5 atom stereocenters. The number of benzene rings is 2. The Morgan fingerprint density at radius 2 is 1.47 bits per heavy atom. The Labute approximate surface area is 192 Å². The van der Waals surface area contributed by atoms with Gasteiger partial charge in [-0.1, -0.05) is 0 Å². The van der Waals surface area contributed by atoms with Gasteiger partial charge in [-0.15, -0.1) is 0 Å². The third kappa shape index (κ3) is 3.68. The number of phenolic OH excluding ortho intramolecular Hbond substituents is 3. The minimum Gasteiger partial charge on any atom is -0.507 e. The lowest BCUT2D eigenvalue weighted by Gasteiger charge is -2.39. The second-order valence-corrected chi connectivity index (χ2v) is 7.97. The van der Waals surface area contributed by atoms with Gasteiger partial charge in [0.2, 0.25) is 5.75 Å². The Morgan fingerprint density at radius 1 is 0.853 bits per heavy atom. The molecule has 0 radical (unpaired) electrons. The highest BCUT2D eigenvalue weighted by Crippen LogP contribution is 2.45. The highest BCUT2D eigenvalue weighted by Gasteiger charge is 2.44. The first-order valence-electron chi connectivity index (χ1n) is 10.3. The van der Waals surface area contributed by atoms with Crippen LogP contribution in [0.4, 0.5) is 0 Å². The Kier molecular flexibility index (Phi) is 6.04. The maximum absolute atomic E-state index is 13.0. The van der Waals surface area contributed by atoms with E-state index in [4.69, 9.17) is 18.6 Å². The average molecular weight is 476 g/mol. The van der Waals surface area contributed by atoms with Crippen LogP contribution in [0.2, 0.25) is 0 Å². The van der Waals surface area contributed by atoms with E-state index in [1.165, 1.54) is 33.3 Å². The Morgan fingerprint density at radius 3 is 2.06 bits per heavy atom. The van der Waals surface area contributed by atoms with Crippen molar-refractivity contribution in [2.45, 2.75) is 37.4 Å². The number of phenols is 3. The molecule has 0 saturated carbocycles. The summed E-state index contributed by atoms with van der Waals surface area (Å²) in [7, 11) is 2.65. The van der Waals surface area contributed by atoms with Crippen LogP contribution in [0.3, 0.4) is 0 Å². The molecule has 1 aliphatic rings. The molecule has 2 heterocycles. The van der Waals surface area contributed by atoms with E-state index in [2.05, 4.69) is 0 Å². The summed E-state index contributed by atoms with van der Waals surface area (Å²) in [6.45, 7) is 1.46.